The molecule has 0 unspecified atom stereocenters. The van der Waals surface area contributed by atoms with Gasteiger partial charge in [-0.05, 0) is 24.3 Å². The Kier molecular flexibility index (Phi) is 3.88. The van der Waals surface area contributed by atoms with E-state index in [0.29, 0.717) is 6.54 Å². The van der Waals surface area contributed by atoms with Crippen LogP contribution >= 0.6 is 34.3 Å². The largest absolute Gasteiger partial charge is 0.477 e. The van der Waals surface area contributed by atoms with Crippen molar-refractivity contribution in [1.82, 2.24) is 9.55 Å². The Balaban J connectivity index is 1.73. The van der Waals surface area contributed by atoms with Crippen molar-refractivity contribution in [2.75, 3.05) is 0 Å². The summed E-state index contributed by atoms with van der Waals surface area (Å²) in [5.74, 6) is -0.930. The molecule has 3 heterocycles. The molecule has 0 saturated heterocycles. The smallest absolute Gasteiger partial charge is 0.352 e. The molecule has 4 nitrogen and oxygen atoms in total. The summed E-state index contributed by atoms with van der Waals surface area (Å²) in [6.45, 7) is 0.478. The van der Waals surface area contributed by atoms with Gasteiger partial charge < -0.3 is 9.67 Å². The quantitative estimate of drug-likeness (QED) is 0.532. The van der Waals surface area contributed by atoms with Gasteiger partial charge in [0.15, 0.2) is 0 Å². The van der Waals surface area contributed by atoms with Gasteiger partial charge in [0.1, 0.15) is 10.7 Å². The summed E-state index contributed by atoms with van der Waals surface area (Å²) in [6, 6.07) is 13.2. The molecule has 3 aromatic heterocycles. The SMILES string of the molecule is O=C(O)c1cc2ccccc2n1Cc1cnc(-c2ccc(Cl)s2)s1. The third-order valence-corrected chi connectivity index (χ3v) is 6.06. The normalized spacial score (nSPS) is 11.2. The second kappa shape index (κ2) is 6.05. The zero-order valence-electron chi connectivity index (χ0n) is 12.3. The van der Waals surface area contributed by atoms with Gasteiger partial charge in [-0.25, -0.2) is 9.78 Å². The van der Waals surface area contributed by atoms with Gasteiger partial charge in [-0.15, -0.1) is 22.7 Å². The number of nitrogens with zero attached hydrogens (tertiary/aromatic N) is 2. The molecule has 0 radical (unpaired) electrons. The molecule has 4 aromatic rings. The lowest BCUT2D eigenvalue weighted by atomic mass is 10.2. The highest BCUT2D eigenvalue weighted by atomic mass is 35.5. The fraction of sp³-hybridized carbons (Fsp3) is 0.0588. The van der Waals surface area contributed by atoms with Gasteiger partial charge in [0.2, 0.25) is 0 Å². The third kappa shape index (κ3) is 2.73. The van der Waals surface area contributed by atoms with Crippen molar-refractivity contribution in [1.29, 1.82) is 0 Å². The minimum atomic E-state index is -0.930. The molecule has 1 aromatic carbocycles. The molecule has 0 amide bonds. The Labute approximate surface area is 150 Å². The summed E-state index contributed by atoms with van der Waals surface area (Å²) < 4.78 is 2.54. The van der Waals surface area contributed by atoms with Crippen molar-refractivity contribution < 1.29 is 9.90 Å². The number of benzene rings is 1. The molecule has 1 N–H and O–H groups in total. The fourth-order valence-electron chi connectivity index (χ4n) is 2.64. The number of thiophene rings is 1. The monoisotopic (exact) mass is 374 g/mol. The van der Waals surface area contributed by atoms with Crippen LogP contribution in [-0.2, 0) is 6.54 Å². The summed E-state index contributed by atoms with van der Waals surface area (Å²) >= 11 is 9.02. The number of aromatic carboxylic acids is 1. The van der Waals surface area contributed by atoms with E-state index in [0.717, 1.165) is 30.0 Å². The maximum Gasteiger partial charge on any atom is 0.352 e. The van der Waals surface area contributed by atoms with E-state index >= 15 is 0 Å². The zero-order chi connectivity index (χ0) is 16.7. The first-order valence-corrected chi connectivity index (χ1v) is 9.15. The van der Waals surface area contributed by atoms with Crippen LogP contribution in [0.15, 0.2) is 48.7 Å². The van der Waals surface area contributed by atoms with Crippen molar-refractivity contribution in [3.8, 4) is 9.88 Å². The maximum absolute atomic E-state index is 11.6. The molecular weight excluding hydrogens is 364 g/mol. The second-order valence-corrected chi connectivity index (χ2v) is 8.05. The summed E-state index contributed by atoms with van der Waals surface area (Å²) in [4.78, 5) is 18.0. The van der Waals surface area contributed by atoms with Gasteiger partial charge >= 0.3 is 5.97 Å². The van der Waals surface area contributed by atoms with E-state index in [4.69, 9.17) is 11.6 Å². The molecule has 0 spiro atoms. The van der Waals surface area contributed by atoms with Crippen molar-refractivity contribution in [2.45, 2.75) is 6.54 Å². The molecule has 7 heteroatoms. The Hall–Kier alpha value is -2.15. The van der Waals surface area contributed by atoms with E-state index < -0.39 is 5.97 Å². The molecule has 4 rings (SSSR count). The highest BCUT2D eigenvalue weighted by Crippen LogP contribution is 2.34. The summed E-state index contributed by atoms with van der Waals surface area (Å²) in [7, 11) is 0. The summed E-state index contributed by atoms with van der Waals surface area (Å²) in [5, 5.41) is 11.3. The molecule has 0 aliphatic rings. The van der Waals surface area contributed by atoms with Gasteiger partial charge in [-0.1, -0.05) is 29.8 Å². The lowest BCUT2D eigenvalue weighted by Crippen LogP contribution is -2.08. The zero-order valence-corrected chi connectivity index (χ0v) is 14.7. The van der Waals surface area contributed by atoms with E-state index in [1.54, 1.807) is 23.6 Å². The van der Waals surface area contributed by atoms with E-state index in [-0.39, 0.29) is 5.69 Å². The molecule has 0 aliphatic carbocycles. The molecule has 0 saturated carbocycles. The number of hydrogen-bond acceptors (Lipinski definition) is 4. The van der Waals surface area contributed by atoms with E-state index in [1.165, 1.54) is 11.3 Å². The van der Waals surface area contributed by atoms with Crippen LogP contribution in [-0.4, -0.2) is 20.6 Å². The molecule has 0 fully saturated rings. The van der Waals surface area contributed by atoms with E-state index in [1.807, 2.05) is 41.0 Å². The number of thiazole rings is 1. The van der Waals surface area contributed by atoms with Crippen LogP contribution in [0.25, 0.3) is 20.8 Å². The highest BCUT2D eigenvalue weighted by molar-refractivity contribution is 7.23. The average molecular weight is 375 g/mol. The minimum absolute atomic E-state index is 0.283. The molecule has 0 aliphatic heterocycles. The van der Waals surface area contributed by atoms with Crippen molar-refractivity contribution in [3.63, 3.8) is 0 Å². The first-order chi connectivity index (χ1) is 11.6. The van der Waals surface area contributed by atoms with Gasteiger partial charge in [-0.3, -0.25) is 0 Å². The fourth-order valence-corrected chi connectivity index (χ4v) is 4.64. The number of carboxylic acids is 1. The Morgan fingerprint density at radius 2 is 2.04 bits per heavy atom. The maximum atomic E-state index is 11.6. The van der Waals surface area contributed by atoms with Gasteiger partial charge in [0.25, 0.3) is 0 Å². The van der Waals surface area contributed by atoms with Gasteiger partial charge in [0, 0.05) is 22.0 Å². The number of aromatic nitrogens is 2. The van der Waals surface area contributed by atoms with Crippen LogP contribution < -0.4 is 0 Å². The molecule has 0 bridgehead atoms. The highest BCUT2D eigenvalue weighted by Gasteiger charge is 2.16. The Morgan fingerprint density at radius 1 is 1.21 bits per heavy atom. The lowest BCUT2D eigenvalue weighted by molar-refractivity contribution is 0.0686. The second-order valence-electron chi connectivity index (χ2n) is 5.22. The molecule has 120 valence electrons. The van der Waals surface area contributed by atoms with E-state index in [2.05, 4.69) is 4.98 Å². The van der Waals surface area contributed by atoms with Crippen molar-refractivity contribution in [3.05, 3.63) is 63.6 Å². The number of fused-ring (bicyclic) bond motifs is 1. The van der Waals surface area contributed by atoms with Gasteiger partial charge in [-0.2, -0.15) is 0 Å². The lowest BCUT2D eigenvalue weighted by Gasteiger charge is -2.06. The number of carboxylic acid groups (broad SMARTS) is 1. The summed E-state index contributed by atoms with van der Waals surface area (Å²) in [6.07, 6.45) is 1.80. The van der Waals surface area contributed by atoms with Crippen molar-refractivity contribution in [2.24, 2.45) is 0 Å². The van der Waals surface area contributed by atoms with Gasteiger partial charge in [0.05, 0.1) is 15.8 Å². The number of halogens is 1. The Morgan fingerprint density at radius 3 is 2.79 bits per heavy atom. The van der Waals surface area contributed by atoms with Crippen LogP contribution in [0, 0.1) is 0 Å². The number of para-hydroxylation sites is 1. The van der Waals surface area contributed by atoms with Crippen molar-refractivity contribution >= 4 is 51.1 Å². The topological polar surface area (TPSA) is 55.1 Å². The first-order valence-electron chi connectivity index (χ1n) is 7.14. The first kappa shape index (κ1) is 15.4. The van der Waals surface area contributed by atoms with Crippen LogP contribution in [0.3, 0.4) is 0 Å². The number of carbonyl (C=O) groups is 1. The predicted octanol–water partition coefficient (Wildman–Crippen LogP) is 5.23. The van der Waals surface area contributed by atoms with Crippen LogP contribution in [0.1, 0.15) is 15.4 Å². The minimum Gasteiger partial charge on any atom is -0.477 e. The van der Waals surface area contributed by atoms with Crippen LogP contribution in [0.4, 0.5) is 0 Å². The average Bonchev–Trinajstić information content (AvgIpc) is 3.27. The predicted molar refractivity (Wildman–Crippen MR) is 98.4 cm³/mol. The van der Waals surface area contributed by atoms with E-state index in [9.17, 15) is 9.90 Å². The van der Waals surface area contributed by atoms with Crippen LogP contribution in [0.2, 0.25) is 4.34 Å². The summed E-state index contributed by atoms with van der Waals surface area (Å²) in [5.41, 5.74) is 1.19. The molecule has 24 heavy (non-hydrogen) atoms. The molecular formula is C17H11ClN2O2S2. The third-order valence-electron chi connectivity index (χ3n) is 3.68. The molecule has 0 atom stereocenters. The standard InChI is InChI=1S/C17H11ClN2O2S2/c18-15-6-5-14(24-15)16-19-8-11(23-16)9-20-12-4-2-1-3-10(12)7-13(20)17(21)22/h1-8H,9H2,(H,21,22). The van der Waals surface area contributed by atoms with Crippen LogP contribution in [0.5, 0.6) is 0 Å². The number of rotatable bonds is 4. The number of hydrogen-bond donors (Lipinski definition) is 1. The Bertz CT molecular complexity index is 1050.